The van der Waals surface area contributed by atoms with Crippen molar-refractivity contribution in [1.82, 2.24) is 14.6 Å². The molecule has 0 saturated carbocycles. The van der Waals surface area contributed by atoms with E-state index in [0.29, 0.717) is 10.8 Å². The van der Waals surface area contributed by atoms with Gasteiger partial charge in [0.1, 0.15) is 5.75 Å². The van der Waals surface area contributed by atoms with E-state index in [9.17, 15) is 0 Å². The molecule has 0 amide bonds. The summed E-state index contributed by atoms with van der Waals surface area (Å²) in [5.74, 6) is 1.43. The minimum Gasteiger partial charge on any atom is -0.497 e. The quantitative estimate of drug-likeness (QED) is 0.710. The maximum Gasteiger partial charge on any atom is 0.182 e. The Morgan fingerprint density at radius 2 is 1.94 bits per heavy atom. The van der Waals surface area contributed by atoms with Crippen LogP contribution in [0, 0.1) is 0 Å². The number of benzene rings is 1. The van der Waals surface area contributed by atoms with Gasteiger partial charge in [-0.25, -0.2) is 9.50 Å². The first-order valence-corrected chi connectivity index (χ1v) is 5.80. The average molecular weight is 260 g/mol. The van der Waals surface area contributed by atoms with Crippen LogP contribution in [0.15, 0.2) is 42.6 Å². The van der Waals surface area contributed by atoms with Gasteiger partial charge in [0, 0.05) is 22.8 Å². The minimum atomic E-state index is 0.667. The van der Waals surface area contributed by atoms with Crippen LogP contribution in [0.4, 0.5) is 0 Å². The number of halogens is 1. The number of hydrogen-bond donors (Lipinski definition) is 0. The Kier molecular flexibility index (Phi) is 2.64. The van der Waals surface area contributed by atoms with E-state index in [0.717, 1.165) is 17.0 Å². The van der Waals surface area contributed by atoms with Crippen LogP contribution in [-0.2, 0) is 0 Å². The number of nitrogens with zero attached hydrogens (tertiary/aromatic N) is 3. The fraction of sp³-hybridized carbons (Fsp3) is 0.0769. The van der Waals surface area contributed by atoms with E-state index >= 15 is 0 Å². The molecule has 0 aliphatic heterocycles. The number of aromatic nitrogens is 3. The molecule has 5 heteroatoms. The molecule has 0 N–H and O–H groups in total. The van der Waals surface area contributed by atoms with Crippen LogP contribution in [0.25, 0.3) is 17.0 Å². The Hall–Kier alpha value is -2.07. The summed E-state index contributed by atoms with van der Waals surface area (Å²) in [4.78, 5) is 4.45. The first kappa shape index (κ1) is 11.0. The van der Waals surface area contributed by atoms with E-state index in [4.69, 9.17) is 16.3 Å². The minimum absolute atomic E-state index is 0.667. The highest BCUT2D eigenvalue weighted by Crippen LogP contribution is 2.20. The van der Waals surface area contributed by atoms with E-state index in [2.05, 4.69) is 10.1 Å². The molecule has 90 valence electrons. The fourth-order valence-corrected chi connectivity index (χ4v) is 1.84. The zero-order valence-electron chi connectivity index (χ0n) is 9.67. The molecule has 0 radical (unpaired) electrons. The third-order valence-corrected chi connectivity index (χ3v) is 2.90. The van der Waals surface area contributed by atoms with Gasteiger partial charge in [0.05, 0.1) is 7.11 Å². The third kappa shape index (κ3) is 1.91. The summed E-state index contributed by atoms with van der Waals surface area (Å²) in [6.07, 6.45) is 1.82. The zero-order valence-corrected chi connectivity index (χ0v) is 10.4. The van der Waals surface area contributed by atoms with E-state index < -0.39 is 0 Å². The van der Waals surface area contributed by atoms with Gasteiger partial charge in [-0.3, -0.25) is 0 Å². The molecule has 0 atom stereocenters. The smallest absolute Gasteiger partial charge is 0.182 e. The Morgan fingerprint density at radius 3 is 2.67 bits per heavy atom. The molecule has 2 aromatic heterocycles. The molecule has 2 heterocycles. The molecular formula is C13H10ClN3O. The van der Waals surface area contributed by atoms with Crippen LogP contribution < -0.4 is 4.74 Å². The molecule has 1 aromatic carbocycles. The van der Waals surface area contributed by atoms with Gasteiger partial charge in [-0.2, -0.15) is 0 Å². The maximum absolute atomic E-state index is 5.85. The number of hydrogen-bond acceptors (Lipinski definition) is 3. The Morgan fingerprint density at radius 1 is 1.17 bits per heavy atom. The van der Waals surface area contributed by atoms with E-state index in [1.807, 2.05) is 42.6 Å². The largest absolute Gasteiger partial charge is 0.497 e. The highest BCUT2D eigenvalue weighted by Gasteiger charge is 2.06. The van der Waals surface area contributed by atoms with Gasteiger partial charge in [0.15, 0.2) is 11.5 Å². The van der Waals surface area contributed by atoms with Crippen molar-refractivity contribution in [3.05, 3.63) is 47.6 Å². The van der Waals surface area contributed by atoms with Crippen molar-refractivity contribution in [2.24, 2.45) is 0 Å². The second kappa shape index (κ2) is 4.31. The lowest BCUT2D eigenvalue weighted by molar-refractivity contribution is 0.414. The predicted molar refractivity (Wildman–Crippen MR) is 70.0 cm³/mol. The van der Waals surface area contributed by atoms with Gasteiger partial charge in [-0.1, -0.05) is 11.6 Å². The highest BCUT2D eigenvalue weighted by molar-refractivity contribution is 6.30. The molecule has 0 bridgehead atoms. The van der Waals surface area contributed by atoms with Crippen LogP contribution in [0.2, 0.25) is 5.02 Å². The summed E-state index contributed by atoms with van der Waals surface area (Å²) in [5, 5.41) is 5.09. The van der Waals surface area contributed by atoms with Crippen LogP contribution in [0.5, 0.6) is 5.75 Å². The molecule has 4 nitrogen and oxygen atoms in total. The lowest BCUT2D eigenvalue weighted by Crippen LogP contribution is -1.88. The van der Waals surface area contributed by atoms with Gasteiger partial charge >= 0.3 is 0 Å². The van der Waals surface area contributed by atoms with Crippen molar-refractivity contribution in [3.63, 3.8) is 0 Å². The Bertz CT molecular complexity index is 691. The second-order valence-corrected chi connectivity index (χ2v) is 4.25. The lowest BCUT2D eigenvalue weighted by atomic mass is 10.2. The maximum atomic E-state index is 5.85. The first-order valence-electron chi connectivity index (χ1n) is 5.42. The number of rotatable bonds is 2. The molecule has 0 saturated heterocycles. The van der Waals surface area contributed by atoms with Gasteiger partial charge < -0.3 is 4.74 Å². The van der Waals surface area contributed by atoms with Crippen molar-refractivity contribution < 1.29 is 4.74 Å². The van der Waals surface area contributed by atoms with Gasteiger partial charge in [0.2, 0.25) is 0 Å². The van der Waals surface area contributed by atoms with Gasteiger partial charge in [0.25, 0.3) is 0 Å². The fourth-order valence-electron chi connectivity index (χ4n) is 1.71. The van der Waals surface area contributed by atoms with Gasteiger partial charge in [-0.05, 0) is 30.3 Å². The lowest BCUT2D eigenvalue weighted by Gasteiger charge is -1.97. The molecule has 0 aliphatic rings. The topological polar surface area (TPSA) is 39.4 Å². The van der Waals surface area contributed by atoms with Crippen LogP contribution in [0.1, 0.15) is 0 Å². The summed E-state index contributed by atoms with van der Waals surface area (Å²) in [7, 11) is 1.63. The molecule has 0 fully saturated rings. The van der Waals surface area contributed by atoms with E-state index in [-0.39, 0.29) is 0 Å². The normalized spacial score (nSPS) is 10.8. The van der Waals surface area contributed by atoms with E-state index in [1.165, 1.54) is 0 Å². The highest BCUT2D eigenvalue weighted by atomic mass is 35.5. The predicted octanol–water partition coefficient (Wildman–Crippen LogP) is 3.06. The summed E-state index contributed by atoms with van der Waals surface area (Å²) >= 11 is 5.85. The number of ether oxygens (including phenoxy) is 1. The first-order chi connectivity index (χ1) is 8.76. The molecule has 18 heavy (non-hydrogen) atoms. The zero-order chi connectivity index (χ0) is 12.5. The van der Waals surface area contributed by atoms with Crippen molar-refractivity contribution in [1.29, 1.82) is 0 Å². The van der Waals surface area contributed by atoms with Crippen LogP contribution >= 0.6 is 11.6 Å². The van der Waals surface area contributed by atoms with Crippen molar-refractivity contribution in [3.8, 4) is 17.1 Å². The molecular weight excluding hydrogens is 250 g/mol. The summed E-state index contributed by atoms with van der Waals surface area (Å²) < 4.78 is 6.87. The van der Waals surface area contributed by atoms with Crippen molar-refractivity contribution >= 4 is 17.2 Å². The summed E-state index contributed by atoms with van der Waals surface area (Å²) in [6, 6.07) is 11.1. The average Bonchev–Trinajstić information content (AvgIpc) is 2.82. The number of methoxy groups -OCH3 is 1. The summed E-state index contributed by atoms with van der Waals surface area (Å²) in [6.45, 7) is 0. The standard InChI is InChI=1S/C13H10ClN3O/c1-18-11-6-7-17-12(8-11)15-13(16-17)9-2-4-10(14)5-3-9/h2-8H,1H3. The van der Waals surface area contributed by atoms with Gasteiger partial charge in [-0.15, -0.1) is 5.10 Å². The van der Waals surface area contributed by atoms with Crippen molar-refractivity contribution in [2.45, 2.75) is 0 Å². The third-order valence-electron chi connectivity index (χ3n) is 2.65. The van der Waals surface area contributed by atoms with E-state index in [1.54, 1.807) is 11.6 Å². The molecule has 0 spiro atoms. The second-order valence-electron chi connectivity index (χ2n) is 3.81. The van der Waals surface area contributed by atoms with Crippen molar-refractivity contribution in [2.75, 3.05) is 7.11 Å². The molecule has 0 aliphatic carbocycles. The monoisotopic (exact) mass is 259 g/mol. The SMILES string of the molecule is COc1ccn2nc(-c3ccc(Cl)cc3)nc2c1. The molecule has 3 aromatic rings. The number of pyridine rings is 1. The van der Waals surface area contributed by atoms with Crippen LogP contribution in [0.3, 0.4) is 0 Å². The number of fused-ring (bicyclic) bond motifs is 1. The summed E-state index contributed by atoms with van der Waals surface area (Å²) in [5.41, 5.74) is 1.68. The Labute approximate surface area is 109 Å². The molecule has 0 unspecified atom stereocenters. The molecule has 3 rings (SSSR count). The Balaban J connectivity index is 2.10. The van der Waals surface area contributed by atoms with Crippen LogP contribution in [-0.4, -0.2) is 21.7 Å².